The van der Waals surface area contributed by atoms with E-state index in [0.717, 1.165) is 24.8 Å². The minimum absolute atomic E-state index is 0.0441. The molecular weight excluding hydrogens is 354 g/mol. The van der Waals surface area contributed by atoms with Crippen molar-refractivity contribution in [1.82, 2.24) is 19.8 Å². The Kier molecular flexibility index (Phi) is 4.75. The Hall–Kier alpha value is -2.96. The third-order valence-electron chi connectivity index (χ3n) is 5.62. The maximum absolute atomic E-state index is 13.3. The fourth-order valence-corrected chi connectivity index (χ4v) is 3.66. The van der Waals surface area contributed by atoms with Gasteiger partial charge in [-0.3, -0.25) is 9.59 Å². The molecule has 1 aromatic heterocycles. The summed E-state index contributed by atoms with van der Waals surface area (Å²) in [5, 5.41) is 0. The fraction of sp³-hybridized carbons (Fsp3) is 0.429. The van der Waals surface area contributed by atoms with Crippen molar-refractivity contribution in [3.05, 3.63) is 41.7 Å². The largest absolute Gasteiger partial charge is 0.382 e. The van der Waals surface area contributed by atoms with Crippen LogP contribution in [0.5, 0.6) is 0 Å². The zero-order valence-electron chi connectivity index (χ0n) is 16.3. The van der Waals surface area contributed by atoms with E-state index in [9.17, 15) is 9.59 Å². The van der Waals surface area contributed by atoms with Crippen LogP contribution in [0.3, 0.4) is 0 Å². The smallest absolute Gasteiger partial charge is 0.254 e. The highest BCUT2D eigenvalue weighted by molar-refractivity contribution is 5.99. The molecule has 1 aromatic carbocycles. The first kappa shape index (κ1) is 18.4. The average molecular weight is 379 g/mol. The number of nitrogens with two attached hydrogens (primary N) is 1. The summed E-state index contributed by atoms with van der Waals surface area (Å²) < 4.78 is 0. The molecule has 1 aliphatic carbocycles. The summed E-state index contributed by atoms with van der Waals surface area (Å²) in [6.07, 6.45) is 4.68. The summed E-state index contributed by atoms with van der Waals surface area (Å²) in [7, 11) is 1.81. The number of carbonyl (C=O) groups excluding carboxylic acids is 2. The molecule has 0 spiro atoms. The molecular formula is C21H25N5O2. The number of rotatable bonds is 4. The Morgan fingerprint density at radius 3 is 2.79 bits per heavy atom. The first-order valence-electron chi connectivity index (χ1n) is 9.69. The van der Waals surface area contributed by atoms with Crippen LogP contribution in [0.2, 0.25) is 0 Å². The van der Waals surface area contributed by atoms with Crippen molar-refractivity contribution in [2.24, 2.45) is 5.92 Å². The minimum atomic E-state index is -0.360. The molecule has 2 aliphatic rings. The van der Waals surface area contributed by atoms with E-state index in [1.54, 1.807) is 29.0 Å². The standard InChI is InChI=1S/C21H25N5O2/c1-13-19(22)23-12-17(24-13)15-4-3-5-16(11-15)20(27)26-9-8-25(2)21(28)18(26)10-14-6-7-14/h3-5,11-12,14,18H,6-10H2,1-2H3,(H2,22,23)/t18-/m1/s1. The Morgan fingerprint density at radius 1 is 1.29 bits per heavy atom. The maximum Gasteiger partial charge on any atom is 0.254 e. The molecule has 2 aromatic rings. The lowest BCUT2D eigenvalue weighted by atomic mass is 10.0. The molecule has 0 radical (unpaired) electrons. The van der Waals surface area contributed by atoms with Crippen LogP contribution in [0.4, 0.5) is 5.82 Å². The highest BCUT2D eigenvalue weighted by atomic mass is 16.2. The molecule has 1 atom stereocenters. The molecule has 1 saturated carbocycles. The lowest BCUT2D eigenvalue weighted by Gasteiger charge is -2.39. The molecule has 0 bridgehead atoms. The van der Waals surface area contributed by atoms with E-state index in [-0.39, 0.29) is 17.9 Å². The first-order chi connectivity index (χ1) is 13.4. The van der Waals surface area contributed by atoms with E-state index in [1.807, 2.05) is 25.2 Å². The molecule has 2 heterocycles. The van der Waals surface area contributed by atoms with Gasteiger partial charge in [-0.05, 0) is 31.4 Å². The lowest BCUT2D eigenvalue weighted by Crippen LogP contribution is -2.57. The van der Waals surface area contributed by atoms with Crippen LogP contribution < -0.4 is 5.73 Å². The molecule has 7 heteroatoms. The van der Waals surface area contributed by atoms with Gasteiger partial charge in [0, 0.05) is 31.3 Å². The Bertz CT molecular complexity index is 925. The van der Waals surface area contributed by atoms with E-state index in [4.69, 9.17) is 5.73 Å². The third kappa shape index (κ3) is 3.56. The van der Waals surface area contributed by atoms with Gasteiger partial charge in [0.25, 0.3) is 5.91 Å². The van der Waals surface area contributed by atoms with E-state index in [0.29, 0.717) is 41.8 Å². The van der Waals surface area contributed by atoms with Crippen LogP contribution >= 0.6 is 0 Å². The van der Waals surface area contributed by atoms with E-state index in [1.165, 1.54) is 0 Å². The Morgan fingerprint density at radius 2 is 2.07 bits per heavy atom. The molecule has 1 aliphatic heterocycles. The van der Waals surface area contributed by atoms with Crippen molar-refractivity contribution in [2.45, 2.75) is 32.2 Å². The van der Waals surface area contributed by atoms with Gasteiger partial charge in [-0.1, -0.05) is 25.0 Å². The summed E-state index contributed by atoms with van der Waals surface area (Å²) >= 11 is 0. The van der Waals surface area contributed by atoms with Gasteiger partial charge in [0.2, 0.25) is 5.91 Å². The highest BCUT2D eigenvalue weighted by Gasteiger charge is 2.39. The lowest BCUT2D eigenvalue weighted by molar-refractivity contribution is -0.139. The molecule has 2 amide bonds. The van der Waals surface area contributed by atoms with Crippen LogP contribution in [0.15, 0.2) is 30.5 Å². The second-order valence-corrected chi connectivity index (χ2v) is 7.76. The van der Waals surface area contributed by atoms with Gasteiger partial charge in [0.15, 0.2) is 0 Å². The van der Waals surface area contributed by atoms with Crippen molar-refractivity contribution in [2.75, 3.05) is 25.9 Å². The van der Waals surface area contributed by atoms with Gasteiger partial charge < -0.3 is 15.5 Å². The van der Waals surface area contributed by atoms with Crippen LogP contribution in [0.25, 0.3) is 11.3 Å². The molecule has 2 fully saturated rings. The minimum Gasteiger partial charge on any atom is -0.382 e. The van der Waals surface area contributed by atoms with Crippen molar-refractivity contribution >= 4 is 17.6 Å². The predicted molar refractivity (Wildman–Crippen MR) is 106 cm³/mol. The number of amides is 2. The van der Waals surface area contributed by atoms with Crippen molar-refractivity contribution in [3.63, 3.8) is 0 Å². The quantitative estimate of drug-likeness (QED) is 0.878. The highest BCUT2D eigenvalue weighted by Crippen LogP contribution is 2.36. The van der Waals surface area contributed by atoms with Gasteiger partial charge in [0.05, 0.1) is 17.6 Å². The number of aromatic nitrogens is 2. The van der Waals surface area contributed by atoms with Gasteiger partial charge in [-0.2, -0.15) is 0 Å². The average Bonchev–Trinajstić information content (AvgIpc) is 3.51. The fourth-order valence-electron chi connectivity index (χ4n) is 3.66. The van der Waals surface area contributed by atoms with Gasteiger partial charge in [-0.25, -0.2) is 9.97 Å². The number of nitrogen functional groups attached to an aromatic ring is 1. The van der Waals surface area contributed by atoms with Crippen molar-refractivity contribution in [3.8, 4) is 11.3 Å². The van der Waals surface area contributed by atoms with Crippen LogP contribution in [0, 0.1) is 12.8 Å². The van der Waals surface area contributed by atoms with Crippen molar-refractivity contribution < 1.29 is 9.59 Å². The second kappa shape index (κ2) is 7.22. The number of anilines is 1. The number of hydrogen-bond donors (Lipinski definition) is 1. The number of nitrogens with zero attached hydrogens (tertiary/aromatic N) is 4. The second-order valence-electron chi connectivity index (χ2n) is 7.76. The Labute approximate surface area is 164 Å². The number of piperazine rings is 1. The van der Waals surface area contributed by atoms with Gasteiger partial charge in [-0.15, -0.1) is 0 Å². The van der Waals surface area contributed by atoms with Gasteiger partial charge >= 0.3 is 0 Å². The Balaban J connectivity index is 1.61. The maximum atomic E-state index is 13.3. The monoisotopic (exact) mass is 379 g/mol. The number of benzene rings is 1. The predicted octanol–water partition coefficient (Wildman–Crippen LogP) is 2.12. The summed E-state index contributed by atoms with van der Waals surface area (Å²) in [5.74, 6) is 0.904. The van der Waals surface area contributed by atoms with Crippen LogP contribution in [-0.4, -0.2) is 57.8 Å². The van der Waals surface area contributed by atoms with Gasteiger partial charge in [0.1, 0.15) is 11.9 Å². The summed E-state index contributed by atoms with van der Waals surface area (Å²) in [4.78, 5) is 38.1. The van der Waals surface area contributed by atoms with E-state index < -0.39 is 0 Å². The van der Waals surface area contributed by atoms with Crippen molar-refractivity contribution in [1.29, 1.82) is 0 Å². The first-order valence-corrected chi connectivity index (χ1v) is 9.69. The van der Waals surface area contributed by atoms with E-state index >= 15 is 0 Å². The number of hydrogen-bond acceptors (Lipinski definition) is 5. The SMILES string of the molecule is Cc1nc(-c2cccc(C(=O)N3CCN(C)C(=O)[C@H]3CC3CC3)c2)cnc1N. The third-order valence-corrected chi connectivity index (χ3v) is 5.62. The number of likely N-dealkylation sites (N-methyl/N-ethyl adjacent to an activating group) is 1. The summed E-state index contributed by atoms with van der Waals surface area (Å²) in [6.45, 7) is 2.93. The molecule has 2 N–H and O–H groups in total. The topological polar surface area (TPSA) is 92.4 Å². The molecule has 146 valence electrons. The number of aryl methyl sites for hydroxylation is 1. The zero-order chi connectivity index (χ0) is 19.8. The van der Waals surface area contributed by atoms with Crippen LogP contribution in [0.1, 0.15) is 35.3 Å². The molecule has 1 saturated heterocycles. The summed E-state index contributed by atoms with van der Waals surface area (Å²) in [6, 6.07) is 6.98. The molecule has 7 nitrogen and oxygen atoms in total. The van der Waals surface area contributed by atoms with Crippen LogP contribution in [-0.2, 0) is 4.79 Å². The van der Waals surface area contributed by atoms with E-state index in [2.05, 4.69) is 9.97 Å². The summed E-state index contributed by atoms with van der Waals surface area (Å²) in [5.41, 5.74) is 8.45. The molecule has 28 heavy (non-hydrogen) atoms. The molecule has 4 rings (SSSR count). The zero-order valence-corrected chi connectivity index (χ0v) is 16.3. The molecule has 0 unspecified atom stereocenters. The number of carbonyl (C=O) groups is 2. The normalized spacial score (nSPS) is 19.8.